The van der Waals surface area contributed by atoms with Gasteiger partial charge in [0.15, 0.2) is 0 Å². The maximum atomic E-state index is 12.1. The van der Waals surface area contributed by atoms with Crippen LogP contribution < -0.4 is 16.1 Å². The molecule has 0 aliphatic carbocycles. The Morgan fingerprint density at radius 2 is 1.72 bits per heavy atom. The molecular formula is C18H31N3O4. The van der Waals surface area contributed by atoms with E-state index in [2.05, 4.69) is 20.9 Å². The SMILES string of the molecule is CC.CONC(CCc1ccccc1)NC(=O)NC(C)(C)C(=O)OC. The van der Waals surface area contributed by atoms with Gasteiger partial charge in [-0.15, -0.1) is 0 Å². The van der Waals surface area contributed by atoms with Gasteiger partial charge in [0.25, 0.3) is 0 Å². The van der Waals surface area contributed by atoms with Gasteiger partial charge in [0, 0.05) is 0 Å². The number of benzene rings is 1. The molecule has 0 radical (unpaired) electrons. The molecule has 0 heterocycles. The number of nitrogens with one attached hydrogen (secondary N) is 3. The van der Waals surface area contributed by atoms with Crippen molar-refractivity contribution in [1.82, 2.24) is 16.1 Å². The summed E-state index contributed by atoms with van der Waals surface area (Å²) in [6.07, 6.45) is 1.00. The molecule has 0 aliphatic heterocycles. The quantitative estimate of drug-likeness (QED) is 0.379. The number of amides is 2. The van der Waals surface area contributed by atoms with E-state index in [4.69, 9.17) is 4.84 Å². The summed E-state index contributed by atoms with van der Waals surface area (Å²) in [5.74, 6) is -0.520. The van der Waals surface area contributed by atoms with E-state index in [9.17, 15) is 9.59 Å². The normalized spacial score (nSPS) is 11.6. The minimum Gasteiger partial charge on any atom is -0.467 e. The van der Waals surface area contributed by atoms with Gasteiger partial charge in [0.2, 0.25) is 0 Å². The highest BCUT2D eigenvalue weighted by molar-refractivity contribution is 5.86. The fraction of sp³-hybridized carbons (Fsp3) is 0.556. The van der Waals surface area contributed by atoms with E-state index in [1.165, 1.54) is 14.2 Å². The minimum absolute atomic E-state index is 0.395. The van der Waals surface area contributed by atoms with Gasteiger partial charge < -0.3 is 20.2 Å². The van der Waals surface area contributed by atoms with E-state index in [1.54, 1.807) is 13.8 Å². The highest BCUT2D eigenvalue weighted by atomic mass is 16.6. The van der Waals surface area contributed by atoms with Crippen LogP contribution in [0.1, 0.15) is 39.7 Å². The van der Waals surface area contributed by atoms with Crippen LogP contribution in [0.2, 0.25) is 0 Å². The Kier molecular flexibility index (Phi) is 11.2. The molecule has 1 atom stereocenters. The number of carbonyl (C=O) groups excluding carboxylic acids is 2. The number of hydrogen-bond acceptors (Lipinski definition) is 5. The van der Waals surface area contributed by atoms with Crippen LogP contribution in [0.3, 0.4) is 0 Å². The first-order valence-electron chi connectivity index (χ1n) is 8.38. The molecule has 7 heteroatoms. The summed E-state index contributed by atoms with van der Waals surface area (Å²) >= 11 is 0. The lowest BCUT2D eigenvalue weighted by molar-refractivity contribution is -0.146. The zero-order valence-corrected chi connectivity index (χ0v) is 16.0. The van der Waals surface area contributed by atoms with Crippen LogP contribution in [-0.4, -0.2) is 37.9 Å². The lowest BCUT2D eigenvalue weighted by Gasteiger charge is -2.25. The molecule has 2 amide bonds. The van der Waals surface area contributed by atoms with Gasteiger partial charge in [-0.05, 0) is 32.3 Å². The van der Waals surface area contributed by atoms with Crippen LogP contribution in [0, 0.1) is 0 Å². The molecule has 1 aromatic rings. The molecule has 142 valence electrons. The summed E-state index contributed by atoms with van der Waals surface area (Å²) in [7, 11) is 2.76. The fourth-order valence-electron chi connectivity index (χ4n) is 2.04. The number of aryl methyl sites for hydroxylation is 1. The van der Waals surface area contributed by atoms with E-state index >= 15 is 0 Å². The second kappa shape index (κ2) is 12.3. The van der Waals surface area contributed by atoms with Gasteiger partial charge in [-0.25, -0.2) is 9.59 Å². The molecule has 0 saturated carbocycles. The average Bonchev–Trinajstić information content (AvgIpc) is 2.61. The number of hydrogen-bond donors (Lipinski definition) is 3. The van der Waals surface area contributed by atoms with Crippen molar-refractivity contribution in [3.05, 3.63) is 35.9 Å². The van der Waals surface area contributed by atoms with Gasteiger partial charge >= 0.3 is 12.0 Å². The molecule has 25 heavy (non-hydrogen) atoms. The summed E-state index contributed by atoms with van der Waals surface area (Å²) in [6, 6.07) is 9.44. The molecule has 7 nitrogen and oxygen atoms in total. The van der Waals surface area contributed by atoms with Crippen LogP contribution in [-0.2, 0) is 20.8 Å². The molecule has 0 aliphatic rings. The fourth-order valence-corrected chi connectivity index (χ4v) is 2.04. The smallest absolute Gasteiger partial charge is 0.331 e. The van der Waals surface area contributed by atoms with Crippen molar-refractivity contribution < 1.29 is 19.2 Å². The topological polar surface area (TPSA) is 88.7 Å². The van der Waals surface area contributed by atoms with Gasteiger partial charge in [-0.1, -0.05) is 44.2 Å². The maximum absolute atomic E-state index is 12.1. The third-order valence-corrected chi connectivity index (χ3v) is 3.25. The Labute approximate surface area is 150 Å². The second-order valence-electron chi connectivity index (χ2n) is 5.61. The van der Waals surface area contributed by atoms with Crippen molar-refractivity contribution in [2.45, 2.75) is 52.2 Å². The van der Waals surface area contributed by atoms with E-state index in [1.807, 2.05) is 44.2 Å². The monoisotopic (exact) mass is 353 g/mol. The first-order valence-corrected chi connectivity index (χ1v) is 8.38. The summed E-state index contributed by atoms with van der Waals surface area (Å²) in [4.78, 5) is 28.5. The Balaban J connectivity index is 0.00000277. The number of ether oxygens (including phenoxy) is 1. The maximum Gasteiger partial charge on any atom is 0.331 e. The van der Waals surface area contributed by atoms with Crippen molar-refractivity contribution in [2.75, 3.05) is 14.2 Å². The van der Waals surface area contributed by atoms with E-state index < -0.39 is 23.7 Å². The average molecular weight is 353 g/mol. The van der Waals surface area contributed by atoms with Crippen molar-refractivity contribution in [2.24, 2.45) is 0 Å². The predicted molar refractivity (Wildman–Crippen MR) is 97.8 cm³/mol. The van der Waals surface area contributed by atoms with Crippen LogP contribution in [0.25, 0.3) is 0 Å². The summed E-state index contributed by atoms with van der Waals surface area (Å²) < 4.78 is 4.65. The van der Waals surface area contributed by atoms with Crippen molar-refractivity contribution in [3.8, 4) is 0 Å². The number of carbonyl (C=O) groups is 2. The van der Waals surface area contributed by atoms with Gasteiger partial charge in [-0.3, -0.25) is 0 Å². The van der Waals surface area contributed by atoms with Gasteiger partial charge in [0.05, 0.1) is 14.2 Å². The molecule has 1 unspecified atom stereocenters. The molecule has 0 spiro atoms. The Morgan fingerprint density at radius 3 is 2.24 bits per heavy atom. The number of esters is 1. The van der Waals surface area contributed by atoms with Crippen LogP contribution in [0.15, 0.2) is 30.3 Å². The molecule has 0 aromatic heterocycles. The van der Waals surface area contributed by atoms with Crippen molar-refractivity contribution in [1.29, 1.82) is 0 Å². The molecule has 3 N–H and O–H groups in total. The van der Waals surface area contributed by atoms with Crippen LogP contribution in [0.4, 0.5) is 4.79 Å². The second-order valence-corrected chi connectivity index (χ2v) is 5.61. The molecule has 0 bridgehead atoms. The number of rotatable bonds is 8. The molecule has 1 aromatic carbocycles. The highest BCUT2D eigenvalue weighted by Crippen LogP contribution is 2.06. The van der Waals surface area contributed by atoms with Crippen molar-refractivity contribution in [3.63, 3.8) is 0 Å². The third-order valence-electron chi connectivity index (χ3n) is 3.25. The first kappa shape index (κ1) is 22.9. The molecule has 1 rings (SSSR count). The molecular weight excluding hydrogens is 322 g/mol. The number of hydroxylamine groups is 1. The minimum atomic E-state index is -1.12. The predicted octanol–water partition coefficient (Wildman–Crippen LogP) is 2.37. The third kappa shape index (κ3) is 9.07. The van der Waals surface area contributed by atoms with E-state index in [-0.39, 0.29) is 0 Å². The first-order chi connectivity index (χ1) is 11.9. The Hall–Kier alpha value is -2.12. The zero-order chi connectivity index (χ0) is 19.3. The largest absolute Gasteiger partial charge is 0.467 e. The van der Waals surface area contributed by atoms with Gasteiger partial charge in [0.1, 0.15) is 11.7 Å². The van der Waals surface area contributed by atoms with Crippen molar-refractivity contribution >= 4 is 12.0 Å². The zero-order valence-electron chi connectivity index (χ0n) is 16.0. The summed E-state index contributed by atoms with van der Waals surface area (Å²) in [6.45, 7) is 7.14. The number of methoxy groups -OCH3 is 1. The highest BCUT2D eigenvalue weighted by Gasteiger charge is 2.31. The standard InChI is InChI=1S/C16H25N3O4.C2H6/c1-16(2,14(20)22-3)18-15(21)17-13(19-23-4)11-10-12-8-6-5-7-9-12;1-2/h5-9,13,19H,10-11H2,1-4H3,(H2,17,18,21);1-2H3. The summed E-state index contributed by atoms with van der Waals surface area (Å²) in [5, 5.41) is 5.30. The lowest BCUT2D eigenvalue weighted by Crippen LogP contribution is -2.57. The molecule has 0 saturated heterocycles. The Morgan fingerprint density at radius 1 is 1.12 bits per heavy atom. The number of urea groups is 1. The van der Waals surface area contributed by atoms with Crippen LogP contribution in [0.5, 0.6) is 0 Å². The summed E-state index contributed by atoms with van der Waals surface area (Å²) in [5.41, 5.74) is 2.77. The Bertz CT molecular complexity index is 506. The van der Waals surface area contributed by atoms with Crippen LogP contribution >= 0.6 is 0 Å². The lowest BCUT2D eigenvalue weighted by atomic mass is 10.1. The van der Waals surface area contributed by atoms with Gasteiger partial charge in [-0.2, -0.15) is 5.48 Å². The van der Waals surface area contributed by atoms with E-state index in [0.717, 1.165) is 12.0 Å². The molecule has 0 fully saturated rings. The van der Waals surface area contributed by atoms with E-state index in [0.29, 0.717) is 6.42 Å².